The number of hydrogen-bond acceptors (Lipinski definition) is 3. The lowest BCUT2D eigenvalue weighted by Crippen LogP contribution is -1.99. The van der Waals surface area contributed by atoms with Crippen LogP contribution in [-0.2, 0) is 5.75 Å². The van der Waals surface area contributed by atoms with Crippen molar-refractivity contribution in [3.63, 3.8) is 0 Å². The molecule has 5 heteroatoms. The zero-order valence-corrected chi connectivity index (χ0v) is 11.8. The lowest BCUT2D eigenvalue weighted by Gasteiger charge is -2.04. The van der Waals surface area contributed by atoms with Crippen molar-refractivity contribution in [3.05, 3.63) is 58.2 Å². The van der Waals surface area contributed by atoms with Crippen LogP contribution in [0.2, 0.25) is 5.02 Å². The number of aromatic nitrogens is 1. The average Bonchev–Trinajstić information content (AvgIpc) is 2.37. The summed E-state index contributed by atoms with van der Waals surface area (Å²) in [4.78, 5) is 15.3. The summed E-state index contributed by atoms with van der Waals surface area (Å²) < 4.78 is 0. The topological polar surface area (TPSA) is 50.2 Å². The highest BCUT2D eigenvalue weighted by molar-refractivity contribution is 7.98. The van der Waals surface area contributed by atoms with E-state index in [-0.39, 0.29) is 5.56 Å². The molecule has 1 aromatic carbocycles. The SMILES string of the molecule is Cc1cc(C(=O)O)cc(SCc2ccc(Cl)cc2)n1. The Balaban J connectivity index is 2.11. The van der Waals surface area contributed by atoms with Gasteiger partial charge < -0.3 is 5.11 Å². The summed E-state index contributed by atoms with van der Waals surface area (Å²) in [5.74, 6) is -0.203. The number of thioether (sulfide) groups is 1. The number of aromatic carboxylic acids is 1. The zero-order chi connectivity index (χ0) is 13.8. The number of carboxylic acids is 1. The summed E-state index contributed by atoms with van der Waals surface area (Å²) in [5.41, 5.74) is 2.10. The van der Waals surface area contributed by atoms with Gasteiger partial charge in [-0.2, -0.15) is 0 Å². The van der Waals surface area contributed by atoms with Gasteiger partial charge in [0.15, 0.2) is 0 Å². The van der Waals surface area contributed by atoms with E-state index in [1.807, 2.05) is 24.3 Å². The molecule has 0 radical (unpaired) electrons. The van der Waals surface area contributed by atoms with Crippen LogP contribution in [0.4, 0.5) is 0 Å². The summed E-state index contributed by atoms with van der Waals surface area (Å²) in [7, 11) is 0. The molecule has 19 heavy (non-hydrogen) atoms. The number of pyridine rings is 1. The minimum absolute atomic E-state index is 0.270. The summed E-state index contributed by atoms with van der Waals surface area (Å²) in [6.07, 6.45) is 0. The van der Waals surface area contributed by atoms with Gasteiger partial charge in [0.2, 0.25) is 0 Å². The highest BCUT2D eigenvalue weighted by Crippen LogP contribution is 2.23. The van der Waals surface area contributed by atoms with Crippen molar-refractivity contribution in [1.29, 1.82) is 0 Å². The third kappa shape index (κ3) is 3.98. The minimum Gasteiger partial charge on any atom is -0.478 e. The second-order valence-electron chi connectivity index (χ2n) is 4.06. The number of benzene rings is 1. The van der Waals surface area contributed by atoms with Crippen LogP contribution < -0.4 is 0 Å². The highest BCUT2D eigenvalue weighted by atomic mass is 35.5. The molecule has 0 fully saturated rings. The van der Waals surface area contributed by atoms with Crippen molar-refractivity contribution in [2.24, 2.45) is 0 Å². The van der Waals surface area contributed by atoms with Crippen LogP contribution in [0.1, 0.15) is 21.6 Å². The second kappa shape index (κ2) is 6.08. The van der Waals surface area contributed by atoms with E-state index in [0.29, 0.717) is 15.7 Å². The average molecular weight is 294 g/mol. The first-order chi connectivity index (χ1) is 9.04. The standard InChI is InChI=1S/C14H12ClNO2S/c1-9-6-11(14(17)18)7-13(16-9)19-8-10-2-4-12(15)5-3-10/h2-7H,8H2,1H3,(H,17,18). The van der Waals surface area contributed by atoms with Gasteiger partial charge in [0, 0.05) is 16.5 Å². The molecule has 2 rings (SSSR count). The summed E-state index contributed by atoms with van der Waals surface area (Å²) >= 11 is 7.33. The maximum absolute atomic E-state index is 11.0. The Morgan fingerprint density at radius 2 is 2.00 bits per heavy atom. The van der Waals surface area contributed by atoms with Crippen LogP contribution in [0, 0.1) is 6.92 Å². The summed E-state index contributed by atoms with van der Waals surface area (Å²) in [6.45, 7) is 1.79. The van der Waals surface area contributed by atoms with Gasteiger partial charge >= 0.3 is 5.97 Å². The number of rotatable bonds is 4. The van der Waals surface area contributed by atoms with Crippen LogP contribution in [0.5, 0.6) is 0 Å². The van der Waals surface area contributed by atoms with E-state index in [9.17, 15) is 4.79 Å². The van der Waals surface area contributed by atoms with Gasteiger partial charge in [-0.25, -0.2) is 9.78 Å². The fourth-order valence-electron chi connectivity index (χ4n) is 1.57. The minimum atomic E-state index is -0.932. The van der Waals surface area contributed by atoms with E-state index in [4.69, 9.17) is 16.7 Å². The molecule has 0 aliphatic heterocycles. The van der Waals surface area contributed by atoms with Gasteiger partial charge in [0.1, 0.15) is 0 Å². The Morgan fingerprint density at radius 3 is 2.63 bits per heavy atom. The molecule has 0 unspecified atom stereocenters. The molecule has 0 aliphatic carbocycles. The number of hydrogen-bond donors (Lipinski definition) is 1. The molecule has 0 aliphatic rings. The lowest BCUT2D eigenvalue weighted by atomic mass is 10.2. The van der Waals surface area contributed by atoms with Crippen molar-refractivity contribution in [2.75, 3.05) is 0 Å². The maximum Gasteiger partial charge on any atom is 0.335 e. The normalized spacial score (nSPS) is 10.4. The maximum atomic E-state index is 11.0. The van der Waals surface area contributed by atoms with Crippen LogP contribution in [0.25, 0.3) is 0 Å². The molecule has 0 saturated carbocycles. The fraction of sp³-hybridized carbons (Fsp3) is 0.143. The van der Waals surface area contributed by atoms with Crippen LogP contribution in [0.15, 0.2) is 41.4 Å². The first kappa shape index (κ1) is 13.9. The number of nitrogens with zero attached hydrogens (tertiary/aromatic N) is 1. The van der Waals surface area contributed by atoms with Gasteiger partial charge in [-0.15, -0.1) is 11.8 Å². The molecule has 0 amide bonds. The Morgan fingerprint density at radius 1 is 1.32 bits per heavy atom. The molecule has 0 saturated heterocycles. The van der Waals surface area contributed by atoms with Gasteiger partial charge in [0.25, 0.3) is 0 Å². The predicted molar refractivity (Wildman–Crippen MR) is 76.9 cm³/mol. The Kier molecular flexibility index (Phi) is 4.45. The second-order valence-corrected chi connectivity index (χ2v) is 5.49. The monoisotopic (exact) mass is 293 g/mol. The van der Waals surface area contributed by atoms with E-state index < -0.39 is 5.97 Å². The molecule has 1 aromatic heterocycles. The Labute approximate surface area is 120 Å². The number of halogens is 1. The fourth-order valence-corrected chi connectivity index (χ4v) is 2.63. The molecular formula is C14H12ClNO2S. The summed E-state index contributed by atoms with van der Waals surface area (Å²) in [6, 6.07) is 10.7. The predicted octanol–water partition coefficient (Wildman–Crippen LogP) is 4.03. The Hall–Kier alpha value is -1.52. The molecule has 1 N–H and O–H groups in total. The third-order valence-corrected chi connectivity index (χ3v) is 3.71. The lowest BCUT2D eigenvalue weighted by molar-refractivity contribution is 0.0696. The summed E-state index contributed by atoms with van der Waals surface area (Å²) in [5, 5.41) is 10.4. The van der Waals surface area contributed by atoms with Crippen molar-refractivity contribution < 1.29 is 9.90 Å². The van der Waals surface area contributed by atoms with Gasteiger partial charge in [0.05, 0.1) is 10.6 Å². The van der Waals surface area contributed by atoms with Crippen LogP contribution >= 0.6 is 23.4 Å². The molecular weight excluding hydrogens is 282 g/mol. The number of carboxylic acid groups (broad SMARTS) is 1. The molecule has 0 bridgehead atoms. The van der Waals surface area contributed by atoms with E-state index in [2.05, 4.69) is 4.98 Å². The van der Waals surface area contributed by atoms with E-state index in [1.165, 1.54) is 11.8 Å². The molecule has 3 nitrogen and oxygen atoms in total. The number of aryl methyl sites for hydroxylation is 1. The van der Waals surface area contributed by atoms with Crippen LogP contribution in [-0.4, -0.2) is 16.1 Å². The van der Waals surface area contributed by atoms with Crippen molar-refractivity contribution in [2.45, 2.75) is 17.7 Å². The molecule has 0 spiro atoms. The molecule has 98 valence electrons. The first-order valence-corrected chi connectivity index (χ1v) is 7.00. The third-order valence-electron chi connectivity index (χ3n) is 2.48. The first-order valence-electron chi connectivity index (χ1n) is 5.64. The smallest absolute Gasteiger partial charge is 0.335 e. The largest absolute Gasteiger partial charge is 0.478 e. The van der Waals surface area contributed by atoms with E-state index in [1.54, 1.807) is 19.1 Å². The van der Waals surface area contributed by atoms with E-state index in [0.717, 1.165) is 11.3 Å². The van der Waals surface area contributed by atoms with Gasteiger partial charge in [-0.1, -0.05) is 23.7 Å². The number of carbonyl (C=O) groups is 1. The Bertz CT molecular complexity index is 599. The van der Waals surface area contributed by atoms with Crippen molar-refractivity contribution in [1.82, 2.24) is 4.98 Å². The quantitative estimate of drug-likeness (QED) is 0.865. The molecule has 0 atom stereocenters. The van der Waals surface area contributed by atoms with Gasteiger partial charge in [-0.05, 0) is 36.8 Å². The van der Waals surface area contributed by atoms with E-state index >= 15 is 0 Å². The molecule has 1 heterocycles. The molecule has 2 aromatic rings. The van der Waals surface area contributed by atoms with Crippen molar-refractivity contribution in [3.8, 4) is 0 Å². The van der Waals surface area contributed by atoms with Crippen LogP contribution in [0.3, 0.4) is 0 Å². The van der Waals surface area contributed by atoms with Crippen molar-refractivity contribution >= 4 is 29.3 Å². The van der Waals surface area contributed by atoms with Gasteiger partial charge in [-0.3, -0.25) is 0 Å². The highest BCUT2D eigenvalue weighted by Gasteiger charge is 2.07. The zero-order valence-electron chi connectivity index (χ0n) is 10.3.